The van der Waals surface area contributed by atoms with E-state index in [-0.39, 0.29) is 0 Å². The molecule has 0 amide bonds. The maximum absolute atomic E-state index is 5.51. The average Bonchev–Trinajstić information content (AvgIpc) is 3.14. The zero-order valence-corrected chi connectivity index (χ0v) is 12.8. The first kappa shape index (κ1) is 14.3. The maximum Gasteiger partial charge on any atom is 0.0725 e. The van der Waals surface area contributed by atoms with Crippen LogP contribution in [0.5, 0.6) is 0 Å². The molecule has 1 aromatic carbocycles. The van der Waals surface area contributed by atoms with Crippen LogP contribution in [-0.2, 0) is 30.9 Å². The molecule has 1 N–H and O–H groups in total. The van der Waals surface area contributed by atoms with E-state index in [4.69, 9.17) is 4.74 Å². The Kier molecular flexibility index (Phi) is 4.36. The Morgan fingerprint density at radius 1 is 1.29 bits per heavy atom. The third-order valence-electron chi connectivity index (χ3n) is 4.05. The molecule has 2 aromatic rings. The van der Waals surface area contributed by atoms with Gasteiger partial charge in [0, 0.05) is 18.8 Å². The summed E-state index contributed by atoms with van der Waals surface area (Å²) < 4.78 is 7.49. The van der Waals surface area contributed by atoms with Crippen LogP contribution in [0.25, 0.3) is 0 Å². The second-order valence-electron chi connectivity index (χ2n) is 5.54. The summed E-state index contributed by atoms with van der Waals surface area (Å²) in [5, 5.41) is 7.96. The molecule has 3 rings (SSSR count). The minimum absolute atomic E-state index is 0.329. The summed E-state index contributed by atoms with van der Waals surface area (Å²) in [7, 11) is 0. The first-order valence-electron chi connectivity index (χ1n) is 7.74. The molecule has 2 heterocycles. The van der Waals surface area contributed by atoms with Crippen LogP contribution in [0.1, 0.15) is 42.1 Å². The molecule has 1 unspecified atom stereocenters. The highest BCUT2D eigenvalue weighted by atomic mass is 16.5. The Morgan fingerprint density at radius 3 is 2.90 bits per heavy atom. The van der Waals surface area contributed by atoms with Gasteiger partial charge >= 0.3 is 0 Å². The zero-order valence-electron chi connectivity index (χ0n) is 12.8. The number of fused-ring (bicyclic) bond motifs is 1. The van der Waals surface area contributed by atoms with Gasteiger partial charge in [-0.25, -0.2) is 0 Å². The second kappa shape index (κ2) is 6.41. The number of hydrogen-bond acceptors (Lipinski definition) is 3. The molecule has 4 nitrogen and oxygen atoms in total. The van der Waals surface area contributed by atoms with Crippen molar-refractivity contribution in [2.24, 2.45) is 0 Å². The molecule has 1 aliphatic rings. The summed E-state index contributed by atoms with van der Waals surface area (Å²) in [4.78, 5) is 0. The van der Waals surface area contributed by atoms with Crippen LogP contribution >= 0.6 is 0 Å². The van der Waals surface area contributed by atoms with Crippen molar-refractivity contribution in [2.75, 3.05) is 6.54 Å². The number of hydrogen-bond donors (Lipinski definition) is 1. The third kappa shape index (κ3) is 3.17. The molecule has 0 saturated carbocycles. The largest absolute Gasteiger partial charge is 0.372 e. The van der Waals surface area contributed by atoms with Gasteiger partial charge in [-0.2, -0.15) is 5.10 Å². The molecule has 0 spiro atoms. The number of nitrogens with one attached hydrogen (secondary N) is 1. The number of aromatic nitrogens is 2. The van der Waals surface area contributed by atoms with Gasteiger partial charge in [-0.05, 0) is 42.1 Å². The monoisotopic (exact) mass is 285 g/mol. The molecule has 112 valence electrons. The van der Waals surface area contributed by atoms with Gasteiger partial charge in [0.05, 0.1) is 19.4 Å². The third-order valence-corrected chi connectivity index (χ3v) is 4.05. The van der Waals surface area contributed by atoms with Crippen molar-refractivity contribution in [3.8, 4) is 0 Å². The molecule has 1 atom stereocenters. The smallest absolute Gasteiger partial charge is 0.0725 e. The van der Waals surface area contributed by atoms with Gasteiger partial charge in [-0.3, -0.25) is 4.68 Å². The topological polar surface area (TPSA) is 39.1 Å². The Bertz CT molecular complexity index is 606. The van der Waals surface area contributed by atoms with Gasteiger partial charge in [0.25, 0.3) is 0 Å². The number of rotatable bonds is 6. The lowest BCUT2D eigenvalue weighted by Gasteiger charge is -2.18. The van der Waals surface area contributed by atoms with Gasteiger partial charge in [-0.1, -0.05) is 25.1 Å². The first-order chi connectivity index (χ1) is 10.3. The van der Waals surface area contributed by atoms with E-state index >= 15 is 0 Å². The van der Waals surface area contributed by atoms with E-state index in [2.05, 4.69) is 48.7 Å². The van der Waals surface area contributed by atoms with Gasteiger partial charge < -0.3 is 10.1 Å². The number of aryl methyl sites for hydroxylation is 1. The Labute approximate surface area is 126 Å². The summed E-state index contributed by atoms with van der Waals surface area (Å²) in [5.74, 6) is 0. The van der Waals surface area contributed by atoms with E-state index in [0.29, 0.717) is 6.04 Å². The zero-order chi connectivity index (χ0) is 14.7. The summed E-state index contributed by atoms with van der Waals surface area (Å²) in [5.41, 5.74) is 5.28. The van der Waals surface area contributed by atoms with Crippen LogP contribution < -0.4 is 5.32 Å². The quantitative estimate of drug-likeness (QED) is 0.887. The van der Waals surface area contributed by atoms with Gasteiger partial charge in [0.2, 0.25) is 0 Å². The van der Waals surface area contributed by atoms with E-state index in [9.17, 15) is 0 Å². The highest BCUT2D eigenvalue weighted by molar-refractivity contribution is 5.35. The summed E-state index contributed by atoms with van der Waals surface area (Å²) >= 11 is 0. The van der Waals surface area contributed by atoms with E-state index in [1.807, 2.05) is 10.9 Å². The summed E-state index contributed by atoms with van der Waals surface area (Å²) in [6.45, 7) is 7.64. The fourth-order valence-electron chi connectivity index (χ4n) is 2.88. The van der Waals surface area contributed by atoms with Crippen molar-refractivity contribution in [1.82, 2.24) is 15.1 Å². The van der Waals surface area contributed by atoms with Gasteiger partial charge in [-0.15, -0.1) is 0 Å². The van der Waals surface area contributed by atoms with Crippen molar-refractivity contribution >= 4 is 0 Å². The molecular weight excluding hydrogens is 262 g/mol. The average molecular weight is 285 g/mol. The molecule has 0 radical (unpaired) electrons. The van der Waals surface area contributed by atoms with Crippen LogP contribution in [0.3, 0.4) is 0 Å². The highest BCUT2D eigenvalue weighted by Gasteiger charge is 2.17. The van der Waals surface area contributed by atoms with Crippen LogP contribution in [0, 0.1) is 0 Å². The van der Waals surface area contributed by atoms with Crippen molar-refractivity contribution in [3.05, 3.63) is 52.8 Å². The molecule has 0 fully saturated rings. The van der Waals surface area contributed by atoms with E-state index in [0.717, 1.165) is 32.7 Å². The molecule has 0 saturated heterocycles. The summed E-state index contributed by atoms with van der Waals surface area (Å²) in [6, 6.07) is 7.05. The van der Waals surface area contributed by atoms with Crippen molar-refractivity contribution < 1.29 is 4.74 Å². The summed E-state index contributed by atoms with van der Waals surface area (Å²) in [6.07, 6.45) is 5.08. The van der Waals surface area contributed by atoms with Crippen LogP contribution in [0.4, 0.5) is 0 Å². The maximum atomic E-state index is 5.51. The molecule has 4 heteroatoms. The van der Waals surface area contributed by atoms with Crippen LogP contribution in [0.2, 0.25) is 0 Å². The number of ether oxygens (including phenoxy) is 1. The number of likely N-dealkylation sites (N-methyl/N-ethyl adjacent to an activating group) is 1. The minimum Gasteiger partial charge on any atom is -0.372 e. The molecule has 1 aliphatic heterocycles. The molecule has 0 bridgehead atoms. The lowest BCUT2D eigenvalue weighted by molar-refractivity contribution is 0.134. The van der Waals surface area contributed by atoms with Gasteiger partial charge in [0.1, 0.15) is 0 Å². The Balaban J connectivity index is 1.80. The second-order valence-corrected chi connectivity index (χ2v) is 5.54. The highest BCUT2D eigenvalue weighted by Crippen LogP contribution is 2.25. The Hall–Kier alpha value is -1.65. The van der Waals surface area contributed by atoms with E-state index in [1.54, 1.807) is 0 Å². The normalized spacial score (nSPS) is 15.1. The molecule has 0 aliphatic carbocycles. The first-order valence-corrected chi connectivity index (χ1v) is 7.74. The molecular formula is C17H23N3O. The van der Waals surface area contributed by atoms with Crippen molar-refractivity contribution in [1.29, 1.82) is 0 Å². The predicted octanol–water partition coefficient (Wildman–Crippen LogP) is 2.83. The minimum atomic E-state index is 0.329. The fourth-order valence-corrected chi connectivity index (χ4v) is 2.88. The standard InChI is InChI=1S/C17H23N3O/c1-3-18-17(7-13-9-19-20(4-2)10-13)14-5-6-15-11-21-12-16(15)8-14/h5-6,8-10,17-18H,3-4,7,11-12H2,1-2H3. The lowest BCUT2D eigenvalue weighted by Crippen LogP contribution is -2.23. The van der Waals surface area contributed by atoms with E-state index < -0.39 is 0 Å². The fraction of sp³-hybridized carbons (Fsp3) is 0.471. The van der Waals surface area contributed by atoms with E-state index in [1.165, 1.54) is 22.3 Å². The number of nitrogens with zero attached hydrogens (tertiary/aromatic N) is 2. The SMILES string of the molecule is CCNC(Cc1cnn(CC)c1)c1ccc2c(c1)COC2. The lowest BCUT2D eigenvalue weighted by atomic mass is 9.97. The number of benzene rings is 1. The van der Waals surface area contributed by atoms with Crippen molar-refractivity contribution in [3.63, 3.8) is 0 Å². The van der Waals surface area contributed by atoms with Gasteiger partial charge in [0.15, 0.2) is 0 Å². The van der Waals surface area contributed by atoms with Crippen LogP contribution in [-0.4, -0.2) is 16.3 Å². The molecule has 21 heavy (non-hydrogen) atoms. The predicted molar refractivity (Wildman–Crippen MR) is 83.0 cm³/mol. The Morgan fingerprint density at radius 2 is 2.14 bits per heavy atom. The van der Waals surface area contributed by atoms with Crippen LogP contribution in [0.15, 0.2) is 30.6 Å². The van der Waals surface area contributed by atoms with Crippen molar-refractivity contribution in [2.45, 2.75) is 46.1 Å². The molecule has 1 aromatic heterocycles.